The van der Waals surface area contributed by atoms with E-state index in [9.17, 15) is 19.5 Å². The molecule has 2 N–H and O–H groups in total. The molecule has 9 nitrogen and oxygen atoms in total. The maximum atomic E-state index is 15.0. The zero-order chi connectivity index (χ0) is 27.8. The summed E-state index contributed by atoms with van der Waals surface area (Å²) >= 11 is 0. The number of aryl methyl sites for hydroxylation is 2. The normalized spacial score (nSPS) is 20.4. The number of alkyl halides is 1. The van der Waals surface area contributed by atoms with Crippen molar-refractivity contribution < 1.29 is 28.6 Å². The molecule has 4 aromatic rings. The number of halogens is 1. The summed E-state index contributed by atoms with van der Waals surface area (Å²) < 4.78 is 26.7. The number of rotatable bonds is 3. The van der Waals surface area contributed by atoms with E-state index in [1.807, 2.05) is 49.4 Å². The fourth-order valence-electron chi connectivity index (χ4n) is 6.14. The number of aliphatic hydroxyl groups is 1. The second kappa shape index (κ2) is 8.72. The first-order valence-electron chi connectivity index (χ1n) is 13.0. The Morgan fingerprint density at radius 2 is 2.00 bits per heavy atom. The minimum absolute atomic E-state index is 0.116. The van der Waals surface area contributed by atoms with Crippen molar-refractivity contribution in [2.75, 3.05) is 0 Å². The fourth-order valence-corrected chi connectivity index (χ4v) is 6.14. The highest BCUT2D eigenvalue weighted by Crippen LogP contribution is 2.45. The predicted octanol–water partition coefficient (Wildman–Crippen LogP) is 3.82. The number of hydrogen-bond acceptors (Lipinski definition) is 7. The first-order chi connectivity index (χ1) is 19.2. The predicted molar refractivity (Wildman–Crippen MR) is 141 cm³/mol. The van der Waals surface area contributed by atoms with Crippen LogP contribution in [0.25, 0.3) is 22.3 Å². The number of carbonyl (C=O) groups is 2. The van der Waals surface area contributed by atoms with Gasteiger partial charge in [-0.3, -0.25) is 4.79 Å². The number of alkyl carbamates (subject to hydrolysis) is 1. The van der Waals surface area contributed by atoms with E-state index in [0.29, 0.717) is 23.3 Å². The van der Waals surface area contributed by atoms with Gasteiger partial charge in [0.15, 0.2) is 0 Å². The molecule has 40 heavy (non-hydrogen) atoms. The van der Waals surface area contributed by atoms with Crippen LogP contribution >= 0.6 is 0 Å². The Hall–Kier alpha value is -4.57. The van der Waals surface area contributed by atoms with Crippen LogP contribution in [0, 0.1) is 6.92 Å². The molecule has 2 aliphatic heterocycles. The van der Waals surface area contributed by atoms with Crippen LogP contribution in [0.4, 0.5) is 9.18 Å². The molecule has 0 bridgehead atoms. The zero-order valence-corrected chi connectivity index (χ0v) is 21.5. The van der Waals surface area contributed by atoms with E-state index in [2.05, 4.69) is 5.32 Å². The van der Waals surface area contributed by atoms with Crippen molar-refractivity contribution in [3.8, 4) is 11.4 Å². The van der Waals surface area contributed by atoms with Crippen molar-refractivity contribution in [2.24, 2.45) is 0 Å². The van der Waals surface area contributed by atoms with Gasteiger partial charge in [-0.2, -0.15) is 4.39 Å². The highest BCUT2D eigenvalue weighted by Gasteiger charge is 2.48. The van der Waals surface area contributed by atoms with Crippen molar-refractivity contribution in [1.82, 2.24) is 14.9 Å². The van der Waals surface area contributed by atoms with E-state index in [4.69, 9.17) is 14.5 Å². The first kappa shape index (κ1) is 24.5. The second-order valence-corrected chi connectivity index (χ2v) is 10.4. The maximum absolute atomic E-state index is 15.0. The van der Waals surface area contributed by atoms with E-state index in [-0.39, 0.29) is 18.7 Å². The molecule has 2 aromatic heterocycles. The molecular formula is C30H24FN3O6. The summed E-state index contributed by atoms with van der Waals surface area (Å²) in [4.78, 5) is 43.2. The molecule has 0 spiro atoms. The van der Waals surface area contributed by atoms with Crippen LogP contribution in [0.3, 0.4) is 0 Å². The minimum Gasteiger partial charge on any atom is -0.456 e. The number of carbonyl (C=O) groups excluding carboxylic acids is 2. The summed E-state index contributed by atoms with van der Waals surface area (Å²) in [6.45, 7) is 1.86. The lowest BCUT2D eigenvalue weighted by Crippen LogP contribution is -2.41. The van der Waals surface area contributed by atoms with Crippen molar-refractivity contribution >= 4 is 23.0 Å². The third-order valence-electron chi connectivity index (χ3n) is 8.11. The van der Waals surface area contributed by atoms with Gasteiger partial charge in [0.05, 0.1) is 35.1 Å². The van der Waals surface area contributed by atoms with Gasteiger partial charge < -0.3 is 24.5 Å². The summed E-state index contributed by atoms with van der Waals surface area (Å²) in [7, 11) is 0. The van der Waals surface area contributed by atoms with E-state index >= 15 is 4.39 Å². The Morgan fingerprint density at radius 3 is 2.80 bits per heavy atom. The standard InChI is InChI=1S/C30H24FN3O6/c1-15-7-9-21-24-17(15)8-10-22(33-29(37)40-13-16-5-3-2-4-6-16)25(24)18-12-34-23(26(18)32-21)11-20-19(27(34)35)14-39-28(36)30(20,31)38/h2-7,9,11,22,38H,8,10,12-14H2,1H3,(H,33,37)/t22-,30+/m0/s1. The number of aromatic nitrogens is 2. The summed E-state index contributed by atoms with van der Waals surface area (Å²) in [6, 6.07) is 14.1. The van der Waals surface area contributed by atoms with E-state index in [0.717, 1.165) is 39.6 Å². The smallest absolute Gasteiger partial charge is 0.407 e. The van der Waals surface area contributed by atoms with Crippen molar-refractivity contribution in [3.63, 3.8) is 0 Å². The Morgan fingerprint density at radius 1 is 1.20 bits per heavy atom. The molecule has 0 saturated heterocycles. The van der Waals surface area contributed by atoms with Crippen LogP contribution in [0.1, 0.15) is 51.4 Å². The lowest BCUT2D eigenvalue weighted by atomic mass is 9.82. The summed E-state index contributed by atoms with van der Waals surface area (Å²) in [5.74, 6) is -4.89. The molecule has 4 heterocycles. The van der Waals surface area contributed by atoms with Crippen LogP contribution in [-0.2, 0) is 46.3 Å². The van der Waals surface area contributed by atoms with E-state index in [1.165, 1.54) is 10.6 Å². The molecule has 3 aliphatic rings. The molecule has 1 aliphatic carbocycles. The Kier molecular flexibility index (Phi) is 5.33. The van der Waals surface area contributed by atoms with Crippen molar-refractivity contribution in [2.45, 2.75) is 51.4 Å². The van der Waals surface area contributed by atoms with Gasteiger partial charge in [0, 0.05) is 16.5 Å². The molecule has 0 saturated carbocycles. The molecule has 2 aromatic carbocycles. The van der Waals surface area contributed by atoms with Gasteiger partial charge in [-0.05, 0) is 54.2 Å². The monoisotopic (exact) mass is 541 g/mol. The largest absolute Gasteiger partial charge is 0.456 e. The lowest BCUT2D eigenvalue weighted by Gasteiger charge is -2.29. The van der Waals surface area contributed by atoms with Gasteiger partial charge in [-0.1, -0.05) is 36.4 Å². The molecule has 202 valence electrons. The minimum atomic E-state index is -3.44. The van der Waals surface area contributed by atoms with Crippen LogP contribution < -0.4 is 10.9 Å². The summed E-state index contributed by atoms with van der Waals surface area (Å²) in [6.07, 6.45) is 0.762. The SMILES string of the molecule is Cc1ccc2nc3c(c4c2c1CC[C@@H]4NC(=O)OCc1ccccc1)Cn1c-3cc2c(c1=O)COC(=O)[C@@]2(O)F. The number of benzene rings is 2. The molecule has 1 amide bonds. The van der Waals surface area contributed by atoms with Gasteiger partial charge in [-0.15, -0.1) is 0 Å². The number of nitrogens with zero attached hydrogens (tertiary/aromatic N) is 2. The molecule has 2 atom stereocenters. The molecular weight excluding hydrogens is 517 g/mol. The molecule has 0 radical (unpaired) electrons. The van der Waals surface area contributed by atoms with Crippen LogP contribution in [0.2, 0.25) is 0 Å². The number of pyridine rings is 2. The van der Waals surface area contributed by atoms with Gasteiger partial charge in [-0.25, -0.2) is 14.6 Å². The average Bonchev–Trinajstić information content (AvgIpc) is 3.32. The van der Waals surface area contributed by atoms with Gasteiger partial charge in [0.25, 0.3) is 5.56 Å². The lowest BCUT2D eigenvalue weighted by molar-refractivity contribution is -0.196. The number of cyclic esters (lactones) is 1. The number of amides is 1. The number of esters is 1. The average molecular weight is 542 g/mol. The second-order valence-electron chi connectivity index (χ2n) is 10.4. The van der Waals surface area contributed by atoms with Gasteiger partial charge in [0.1, 0.15) is 13.2 Å². The molecule has 0 unspecified atom stereocenters. The van der Waals surface area contributed by atoms with Gasteiger partial charge >= 0.3 is 17.9 Å². The van der Waals surface area contributed by atoms with Crippen molar-refractivity contribution in [1.29, 1.82) is 0 Å². The quantitative estimate of drug-likeness (QED) is 0.333. The van der Waals surface area contributed by atoms with Crippen LogP contribution in [0.5, 0.6) is 0 Å². The third kappa shape index (κ3) is 3.56. The molecule has 0 fully saturated rings. The Labute approximate surface area is 227 Å². The number of hydrogen-bond donors (Lipinski definition) is 2. The number of ether oxygens (including phenoxy) is 2. The fraction of sp³-hybridized carbons (Fsp3) is 0.267. The third-order valence-corrected chi connectivity index (χ3v) is 8.11. The van der Waals surface area contributed by atoms with Gasteiger partial charge in [0.2, 0.25) is 0 Å². The first-order valence-corrected chi connectivity index (χ1v) is 13.0. The van der Waals surface area contributed by atoms with Crippen LogP contribution in [-0.4, -0.2) is 26.7 Å². The highest BCUT2D eigenvalue weighted by atomic mass is 19.2. The topological polar surface area (TPSA) is 120 Å². The zero-order valence-electron chi connectivity index (χ0n) is 21.5. The van der Waals surface area contributed by atoms with Crippen LogP contribution in [0.15, 0.2) is 53.3 Å². The Balaban J connectivity index is 1.34. The number of nitrogens with one attached hydrogen (secondary N) is 1. The molecule has 7 rings (SSSR count). The van der Waals surface area contributed by atoms with Crippen molar-refractivity contribution in [3.05, 3.63) is 97.8 Å². The molecule has 10 heteroatoms. The highest BCUT2D eigenvalue weighted by molar-refractivity contribution is 5.93. The van der Waals surface area contributed by atoms with E-state index in [1.54, 1.807) is 0 Å². The summed E-state index contributed by atoms with van der Waals surface area (Å²) in [5, 5.41) is 14.2. The Bertz CT molecular complexity index is 1810. The summed E-state index contributed by atoms with van der Waals surface area (Å²) in [5.41, 5.74) is 4.95. The number of fused-ring (bicyclic) bond motifs is 5. The van der Waals surface area contributed by atoms with E-state index < -0.39 is 41.7 Å². The maximum Gasteiger partial charge on any atom is 0.407 e.